The second-order valence-electron chi connectivity index (χ2n) is 4.98. The van der Waals surface area contributed by atoms with Crippen LogP contribution in [0.1, 0.15) is 17.2 Å². The van der Waals surface area contributed by atoms with E-state index in [-0.39, 0.29) is 0 Å². The van der Waals surface area contributed by atoms with Crippen molar-refractivity contribution < 1.29 is 18.3 Å². The third kappa shape index (κ3) is 2.96. The van der Waals surface area contributed by atoms with Crippen LogP contribution in [0.15, 0.2) is 54.6 Å². The average molecular weight is 351 g/mol. The molecular weight excluding hydrogens is 335 g/mol. The zero-order valence-electron chi connectivity index (χ0n) is 12.7. The summed E-state index contributed by atoms with van der Waals surface area (Å²) in [5.74, 6) is 0.481. The van der Waals surface area contributed by atoms with Crippen molar-refractivity contribution in [3.63, 3.8) is 0 Å². The van der Waals surface area contributed by atoms with Crippen molar-refractivity contribution >= 4 is 24.5 Å². The molecule has 0 radical (unpaired) electrons. The lowest BCUT2D eigenvalue weighted by atomic mass is 10.0. The number of hydrogen-bond donors (Lipinski definition) is 0. The lowest BCUT2D eigenvalue weighted by molar-refractivity contribution is 0.248. The molecule has 1 unspecified atom stereocenters. The lowest BCUT2D eigenvalue weighted by Crippen LogP contribution is -2.12. The van der Waals surface area contributed by atoms with E-state index in [9.17, 15) is 4.57 Å². The number of halogens is 1. The Balaban J connectivity index is 2.18. The second kappa shape index (κ2) is 6.50. The van der Waals surface area contributed by atoms with Crippen molar-refractivity contribution in [1.29, 1.82) is 0 Å². The zero-order chi connectivity index (χ0) is 16.4. The van der Waals surface area contributed by atoms with Crippen molar-refractivity contribution in [2.75, 3.05) is 14.2 Å². The minimum atomic E-state index is -3.44. The molecule has 6 heteroatoms. The molecule has 0 saturated heterocycles. The van der Waals surface area contributed by atoms with Crippen LogP contribution in [0.25, 0.3) is 5.31 Å². The number of ether oxygens (including phenoxy) is 1. The highest BCUT2D eigenvalue weighted by Gasteiger charge is 2.36. The van der Waals surface area contributed by atoms with Crippen molar-refractivity contribution in [3.8, 4) is 5.75 Å². The molecule has 23 heavy (non-hydrogen) atoms. The first-order valence-electron chi connectivity index (χ1n) is 7.03. The van der Waals surface area contributed by atoms with E-state index in [2.05, 4.69) is 0 Å². The Kier molecular flexibility index (Phi) is 4.60. The van der Waals surface area contributed by atoms with Gasteiger partial charge in [0, 0.05) is 19.8 Å². The average Bonchev–Trinajstić information content (AvgIpc) is 2.61. The third-order valence-electron chi connectivity index (χ3n) is 3.70. The molecule has 0 N–H and O–H groups in total. The third-order valence-corrected chi connectivity index (χ3v) is 5.94. The van der Waals surface area contributed by atoms with E-state index in [1.54, 1.807) is 24.3 Å². The minimum absolute atomic E-state index is 0.419. The van der Waals surface area contributed by atoms with E-state index < -0.39 is 13.7 Å². The molecule has 4 nitrogen and oxygen atoms in total. The van der Waals surface area contributed by atoms with Crippen LogP contribution in [-0.4, -0.2) is 14.2 Å². The van der Waals surface area contributed by atoms with Crippen LogP contribution >= 0.6 is 19.2 Å². The van der Waals surface area contributed by atoms with E-state index in [1.807, 2.05) is 30.3 Å². The Morgan fingerprint density at radius 3 is 2.39 bits per heavy atom. The summed E-state index contributed by atoms with van der Waals surface area (Å²) in [4.78, 5) is 0. The summed E-state index contributed by atoms with van der Waals surface area (Å²) in [6, 6.07) is 14.9. The Morgan fingerprint density at radius 2 is 1.74 bits per heavy atom. The lowest BCUT2D eigenvalue weighted by Gasteiger charge is -2.28. The fourth-order valence-corrected chi connectivity index (χ4v) is 4.09. The fraction of sp³-hybridized carbons (Fsp3) is 0.176. The van der Waals surface area contributed by atoms with Crippen molar-refractivity contribution in [3.05, 3.63) is 70.8 Å². The van der Waals surface area contributed by atoms with Crippen molar-refractivity contribution in [2.24, 2.45) is 0 Å². The van der Waals surface area contributed by atoms with Crippen LogP contribution in [0.4, 0.5) is 0 Å². The molecule has 0 saturated carbocycles. The van der Waals surface area contributed by atoms with Crippen LogP contribution < -0.4 is 4.74 Å². The van der Waals surface area contributed by atoms with Crippen LogP contribution in [0.5, 0.6) is 5.75 Å². The smallest absolute Gasteiger partial charge is 0.361 e. The number of hydrogen-bond acceptors (Lipinski definition) is 4. The minimum Gasteiger partial charge on any atom is -0.479 e. The summed E-state index contributed by atoms with van der Waals surface area (Å²) in [6.45, 7) is 0. The number of rotatable bonds is 4. The molecule has 1 heterocycles. The van der Waals surface area contributed by atoms with Gasteiger partial charge < -0.3 is 13.8 Å². The first kappa shape index (κ1) is 16.3. The highest BCUT2D eigenvalue weighted by Crippen LogP contribution is 2.63. The Hall–Kier alpha value is -1.58. The van der Waals surface area contributed by atoms with Gasteiger partial charge in [-0.3, -0.25) is 4.57 Å². The summed E-state index contributed by atoms with van der Waals surface area (Å²) in [6.07, 6.45) is 1.35. The fourth-order valence-electron chi connectivity index (χ4n) is 2.54. The topological polar surface area (TPSA) is 44.8 Å². The first-order chi connectivity index (χ1) is 11.1. The molecular formula is C17H16ClO4P. The summed E-state index contributed by atoms with van der Waals surface area (Å²) in [5.41, 5.74) is 1.55. The van der Waals surface area contributed by atoms with Gasteiger partial charge in [0.25, 0.3) is 0 Å². The van der Waals surface area contributed by atoms with E-state index in [0.717, 1.165) is 5.56 Å². The normalized spacial score (nSPS) is 17.2. The molecule has 3 rings (SSSR count). The zero-order valence-corrected chi connectivity index (χ0v) is 14.4. The maximum atomic E-state index is 12.9. The van der Waals surface area contributed by atoms with E-state index in [4.69, 9.17) is 25.4 Å². The van der Waals surface area contributed by atoms with Crippen molar-refractivity contribution in [1.82, 2.24) is 0 Å². The highest BCUT2D eigenvalue weighted by atomic mass is 35.5. The molecule has 1 atom stereocenters. The largest absolute Gasteiger partial charge is 0.479 e. The van der Waals surface area contributed by atoms with Gasteiger partial charge in [-0.05, 0) is 17.7 Å². The van der Waals surface area contributed by atoms with Gasteiger partial charge in [-0.25, -0.2) is 0 Å². The van der Waals surface area contributed by atoms with E-state index >= 15 is 0 Å². The van der Waals surface area contributed by atoms with E-state index in [0.29, 0.717) is 21.6 Å². The molecule has 1 aliphatic heterocycles. The predicted molar refractivity (Wildman–Crippen MR) is 90.9 cm³/mol. The van der Waals surface area contributed by atoms with Gasteiger partial charge >= 0.3 is 7.60 Å². The molecule has 0 bridgehead atoms. The second-order valence-corrected chi connectivity index (χ2v) is 7.59. The molecule has 0 spiro atoms. The Morgan fingerprint density at radius 1 is 1.04 bits per heavy atom. The maximum absolute atomic E-state index is 12.9. The monoisotopic (exact) mass is 350 g/mol. The van der Waals surface area contributed by atoms with Gasteiger partial charge in [0.2, 0.25) is 0 Å². The SMILES string of the molecule is COP(=O)(OC)C1=CC(c2ccccc2)Oc2c(Cl)cccc21. The van der Waals surface area contributed by atoms with Gasteiger partial charge in [-0.15, -0.1) is 0 Å². The van der Waals surface area contributed by atoms with E-state index in [1.165, 1.54) is 14.2 Å². The number of para-hydroxylation sites is 1. The molecule has 0 amide bonds. The van der Waals surface area contributed by atoms with Gasteiger partial charge in [0.15, 0.2) is 0 Å². The maximum Gasteiger partial charge on any atom is 0.361 e. The van der Waals surface area contributed by atoms with Crippen LogP contribution in [0, 0.1) is 0 Å². The van der Waals surface area contributed by atoms with Gasteiger partial charge in [-0.1, -0.05) is 54.1 Å². The molecule has 0 fully saturated rings. The van der Waals surface area contributed by atoms with Gasteiger partial charge in [0.1, 0.15) is 11.9 Å². The molecule has 2 aromatic carbocycles. The molecule has 2 aromatic rings. The van der Waals surface area contributed by atoms with Gasteiger partial charge in [-0.2, -0.15) is 0 Å². The van der Waals surface area contributed by atoms with Crippen LogP contribution in [0.3, 0.4) is 0 Å². The Labute approximate surface area is 140 Å². The summed E-state index contributed by atoms with van der Waals surface area (Å²) < 4.78 is 29.3. The van der Waals surface area contributed by atoms with Gasteiger partial charge in [0.05, 0.1) is 10.3 Å². The number of benzene rings is 2. The summed E-state index contributed by atoms with van der Waals surface area (Å²) in [5, 5.41) is 0.910. The standard InChI is InChI=1S/C17H16ClO4P/c1-20-23(19,21-2)16-11-15(12-7-4-3-5-8-12)22-17-13(16)9-6-10-14(17)18/h3-11,15H,1-2H3. The molecule has 0 aliphatic carbocycles. The van der Waals surface area contributed by atoms with Crippen LogP contribution in [0.2, 0.25) is 5.02 Å². The summed E-state index contributed by atoms with van der Waals surface area (Å²) in [7, 11) is -0.717. The molecule has 120 valence electrons. The summed E-state index contributed by atoms with van der Waals surface area (Å²) >= 11 is 6.27. The number of fused-ring (bicyclic) bond motifs is 1. The predicted octanol–water partition coefficient (Wildman–Crippen LogP) is 5.30. The molecule has 0 aromatic heterocycles. The Bertz CT molecular complexity index is 780. The highest BCUT2D eigenvalue weighted by molar-refractivity contribution is 7.65. The first-order valence-corrected chi connectivity index (χ1v) is 8.95. The molecule has 1 aliphatic rings. The quantitative estimate of drug-likeness (QED) is 0.702. The van der Waals surface area contributed by atoms with Crippen LogP contribution in [-0.2, 0) is 13.6 Å². The van der Waals surface area contributed by atoms with Crippen molar-refractivity contribution in [2.45, 2.75) is 6.10 Å².